The number of esters is 1. The number of rotatable bonds is 9. The fraction of sp³-hybridized carbons (Fsp3) is 0.632. The average molecular weight is 385 g/mol. The van der Waals surface area contributed by atoms with Gasteiger partial charge >= 0.3 is 5.97 Å². The van der Waals surface area contributed by atoms with E-state index >= 15 is 0 Å². The first-order valence-corrected chi connectivity index (χ1v) is 10.7. The van der Waals surface area contributed by atoms with E-state index in [9.17, 15) is 9.90 Å². The van der Waals surface area contributed by atoms with Gasteiger partial charge in [0, 0.05) is 23.3 Å². The van der Waals surface area contributed by atoms with Crippen LogP contribution in [-0.2, 0) is 20.9 Å². The maximum atomic E-state index is 11.5. The van der Waals surface area contributed by atoms with E-state index in [1.54, 1.807) is 0 Å². The van der Waals surface area contributed by atoms with Gasteiger partial charge in [-0.25, -0.2) is 0 Å². The van der Waals surface area contributed by atoms with Crippen molar-refractivity contribution in [3.8, 4) is 0 Å². The predicted molar refractivity (Wildman–Crippen MR) is 105 cm³/mol. The SMILES string of the molecule is COC(=O)C[C@@H](O)C[C@H](OCc1ccccc1)C(C)(C)C1SCCS1. The molecule has 1 aromatic rings. The summed E-state index contributed by atoms with van der Waals surface area (Å²) in [5.41, 5.74) is 0.995. The normalized spacial score (nSPS) is 18.1. The number of hydrogen-bond acceptors (Lipinski definition) is 6. The van der Waals surface area contributed by atoms with Gasteiger partial charge in [0.2, 0.25) is 0 Å². The van der Waals surface area contributed by atoms with Crippen LogP contribution in [0.15, 0.2) is 30.3 Å². The second-order valence-electron chi connectivity index (χ2n) is 6.85. The number of aliphatic hydroxyl groups excluding tert-OH is 1. The lowest BCUT2D eigenvalue weighted by atomic mass is 9.84. The summed E-state index contributed by atoms with van der Waals surface area (Å²) in [6.45, 7) is 4.90. The topological polar surface area (TPSA) is 55.8 Å². The third-order valence-electron chi connectivity index (χ3n) is 4.47. The van der Waals surface area contributed by atoms with Crippen molar-refractivity contribution >= 4 is 29.5 Å². The molecule has 0 unspecified atom stereocenters. The zero-order valence-electron chi connectivity index (χ0n) is 15.1. The number of hydrogen-bond donors (Lipinski definition) is 1. The number of methoxy groups -OCH3 is 1. The van der Waals surface area contributed by atoms with Crippen molar-refractivity contribution in [2.45, 2.75) is 50.1 Å². The highest BCUT2D eigenvalue weighted by Gasteiger charge is 2.41. The Morgan fingerprint density at radius 3 is 2.52 bits per heavy atom. The first-order chi connectivity index (χ1) is 11.9. The molecule has 0 spiro atoms. The molecule has 1 N–H and O–H groups in total. The first-order valence-electron chi connectivity index (χ1n) is 8.57. The lowest BCUT2D eigenvalue weighted by molar-refractivity contribution is -0.143. The molecule has 1 aromatic carbocycles. The molecular weight excluding hydrogens is 356 g/mol. The predicted octanol–water partition coefficient (Wildman–Crippen LogP) is 3.72. The molecular formula is C19H28O4S2. The fourth-order valence-electron chi connectivity index (χ4n) is 2.90. The number of carbonyl (C=O) groups excluding carboxylic acids is 1. The highest BCUT2D eigenvalue weighted by molar-refractivity contribution is 8.20. The molecule has 1 aliphatic heterocycles. The summed E-state index contributed by atoms with van der Waals surface area (Å²) in [6, 6.07) is 10.0. The molecule has 1 fully saturated rings. The van der Waals surface area contributed by atoms with Gasteiger partial charge < -0.3 is 14.6 Å². The van der Waals surface area contributed by atoms with Crippen LogP contribution in [0.1, 0.15) is 32.3 Å². The third kappa shape index (κ3) is 6.20. The van der Waals surface area contributed by atoms with Crippen LogP contribution in [0, 0.1) is 5.41 Å². The molecule has 0 aromatic heterocycles. The minimum Gasteiger partial charge on any atom is -0.469 e. The van der Waals surface area contributed by atoms with E-state index in [-0.39, 0.29) is 17.9 Å². The summed E-state index contributed by atoms with van der Waals surface area (Å²) in [4.78, 5) is 11.5. The Labute approximate surface area is 159 Å². The van der Waals surface area contributed by atoms with Crippen LogP contribution in [0.2, 0.25) is 0 Å². The zero-order valence-corrected chi connectivity index (χ0v) is 16.8. The number of carbonyl (C=O) groups is 1. The summed E-state index contributed by atoms with van der Waals surface area (Å²) in [5.74, 6) is 1.90. The van der Waals surface area contributed by atoms with E-state index < -0.39 is 12.1 Å². The van der Waals surface area contributed by atoms with Gasteiger partial charge in [-0.3, -0.25) is 4.79 Å². The molecule has 1 saturated heterocycles. The van der Waals surface area contributed by atoms with Crippen LogP contribution >= 0.6 is 23.5 Å². The molecule has 1 heterocycles. The molecule has 2 atom stereocenters. The Bertz CT molecular complexity index is 529. The van der Waals surface area contributed by atoms with Crippen molar-refractivity contribution in [1.82, 2.24) is 0 Å². The molecule has 1 aliphatic rings. The summed E-state index contributed by atoms with van der Waals surface area (Å²) in [6.07, 6.45) is -0.477. The molecule has 4 nitrogen and oxygen atoms in total. The van der Waals surface area contributed by atoms with Gasteiger partial charge in [-0.2, -0.15) is 0 Å². The van der Waals surface area contributed by atoms with Gasteiger partial charge in [0.25, 0.3) is 0 Å². The summed E-state index contributed by atoms with van der Waals surface area (Å²) in [5, 5.41) is 10.3. The minimum atomic E-state index is -0.760. The molecule has 0 saturated carbocycles. The summed E-state index contributed by atoms with van der Waals surface area (Å²) in [7, 11) is 1.34. The Morgan fingerprint density at radius 2 is 1.92 bits per heavy atom. The first kappa shape index (κ1) is 20.6. The lowest BCUT2D eigenvalue weighted by Gasteiger charge is -2.39. The monoisotopic (exact) mass is 384 g/mol. The van der Waals surface area contributed by atoms with Crippen LogP contribution in [0.3, 0.4) is 0 Å². The van der Waals surface area contributed by atoms with Crippen LogP contribution < -0.4 is 0 Å². The number of benzene rings is 1. The average Bonchev–Trinajstić information content (AvgIpc) is 3.14. The lowest BCUT2D eigenvalue weighted by Crippen LogP contribution is -2.41. The van der Waals surface area contributed by atoms with Gasteiger partial charge in [-0.1, -0.05) is 44.2 Å². The molecule has 0 radical (unpaired) electrons. The zero-order chi connectivity index (χ0) is 18.3. The Morgan fingerprint density at radius 1 is 1.28 bits per heavy atom. The van der Waals surface area contributed by atoms with Gasteiger partial charge in [0.05, 0.1) is 36.9 Å². The van der Waals surface area contributed by atoms with Crippen molar-refractivity contribution in [1.29, 1.82) is 0 Å². The van der Waals surface area contributed by atoms with Crippen molar-refractivity contribution in [2.75, 3.05) is 18.6 Å². The molecule has 6 heteroatoms. The third-order valence-corrected chi connectivity index (χ3v) is 8.24. The van der Waals surface area contributed by atoms with Crippen LogP contribution in [0.4, 0.5) is 0 Å². The van der Waals surface area contributed by atoms with Crippen molar-refractivity contribution in [3.05, 3.63) is 35.9 Å². The van der Waals surface area contributed by atoms with Crippen molar-refractivity contribution in [2.24, 2.45) is 5.41 Å². The number of aliphatic hydroxyl groups is 1. The minimum absolute atomic E-state index is 0.00271. The number of thioether (sulfide) groups is 2. The van der Waals surface area contributed by atoms with E-state index in [2.05, 4.69) is 18.6 Å². The summed E-state index contributed by atoms with van der Waals surface area (Å²) >= 11 is 3.91. The largest absolute Gasteiger partial charge is 0.469 e. The van der Waals surface area contributed by atoms with Gasteiger partial charge in [-0.05, 0) is 5.56 Å². The fourth-order valence-corrected chi connectivity index (χ4v) is 6.23. The quantitative estimate of drug-likeness (QED) is 0.655. The van der Waals surface area contributed by atoms with Crippen LogP contribution in [0.5, 0.6) is 0 Å². The Kier molecular flexibility index (Phi) is 8.13. The van der Waals surface area contributed by atoms with E-state index in [0.29, 0.717) is 17.6 Å². The second kappa shape index (κ2) is 9.86. The Balaban J connectivity index is 2.05. The smallest absolute Gasteiger partial charge is 0.308 e. The standard InChI is InChI=1S/C19H28O4S2/c1-19(2,18-24-9-10-25-18)16(11-15(20)12-17(21)22-3)23-13-14-7-5-4-6-8-14/h4-8,15-16,18,20H,9-13H2,1-3H3/t15-,16-/m0/s1. The van der Waals surface area contributed by atoms with E-state index in [4.69, 9.17) is 4.74 Å². The summed E-state index contributed by atoms with van der Waals surface area (Å²) < 4.78 is 11.4. The molecule has 0 aliphatic carbocycles. The molecule has 2 rings (SSSR count). The second-order valence-corrected chi connectivity index (χ2v) is 9.57. The van der Waals surface area contributed by atoms with Crippen LogP contribution in [0.25, 0.3) is 0 Å². The molecule has 0 bridgehead atoms. The Hall–Kier alpha value is -0.690. The van der Waals surface area contributed by atoms with E-state index in [1.165, 1.54) is 7.11 Å². The van der Waals surface area contributed by atoms with Gasteiger partial charge in [-0.15, -0.1) is 23.5 Å². The van der Waals surface area contributed by atoms with Crippen molar-refractivity contribution in [3.63, 3.8) is 0 Å². The van der Waals surface area contributed by atoms with Crippen molar-refractivity contribution < 1.29 is 19.4 Å². The van der Waals surface area contributed by atoms with Gasteiger partial charge in [0.1, 0.15) is 0 Å². The highest BCUT2D eigenvalue weighted by atomic mass is 32.2. The van der Waals surface area contributed by atoms with E-state index in [0.717, 1.165) is 17.1 Å². The number of ether oxygens (including phenoxy) is 2. The molecule has 140 valence electrons. The molecule has 25 heavy (non-hydrogen) atoms. The highest BCUT2D eigenvalue weighted by Crippen LogP contribution is 2.47. The maximum absolute atomic E-state index is 11.5. The molecule has 0 amide bonds. The van der Waals surface area contributed by atoms with E-state index in [1.807, 2.05) is 53.9 Å². The van der Waals surface area contributed by atoms with Crippen LogP contribution in [-0.4, -0.2) is 46.5 Å². The maximum Gasteiger partial charge on any atom is 0.308 e. The van der Waals surface area contributed by atoms with Gasteiger partial charge in [0.15, 0.2) is 0 Å².